The van der Waals surface area contributed by atoms with E-state index in [1.54, 1.807) is 6.08 Å². The van der Waals surface area contributed by atoms with Crippen molar-refractivity contribution in [3.8, 4) is 18.1 Å². The highest BCUT2D eigenvalue weighted by Gasteiger charge is 2.34. The first-order chi connectivity index (χ1) is 14.5. The van der Waals surface area contributed by atoms with Crippen LogP contribution < -0.4 is 4.74 Å². The van der Waals surface area contributed by atoms with E-state index in [9.17, 15) is 9.59 Å². The lowest BCUT2D eigenvalue weighted by Gasteiger charge is -2.10. The number of hydrogen-bond donors (Lipinski definition) is 0. The Morgan fingerprint density at radius 2 is 1.87 bits per heavy atom. The van der Waals surface area contributed by atoms with E-state index in [0.717, 1.165) is 32.3 Å². The quantitative estimate of drug-likeness (QED) is 0.341. The molecule has 0 aromatic heterocycles. The van der Waals surface area contributed by atoms with E-state index in [2.05, 4.69) is 52.2 Å². The molecule has 2 amide bonds. The molecule has 0 atom stereocenters. The number of amides is 2. The highest BCUT2D eigenvalue weighted by atomic mass is 79.9. The fourth-order valence-corrected chi connectivity index (χ4v) is 4.44. The second-order valence-corrected chi connectivity index (χ2v) is 8.48. The highest BCUT2D eigenvalue weighted by molar-refractivity contribution is 9.10. The molecular weight excluding hydrogens is 462 g/mol. The van der Waals surface area contributed by atoms with Crippen LogP contribution in [-0.2, 0) is 11.4 Å². The van der Waals surface area contributed by atoms with Crippen LogP contribution in [0.1, 0.15) is 11.1 Å². The monoisotopic (exact) mass is 477 g/mol. The molecule has 148 valence electrons. The van der Waals surface area contributed by atoms with Crippen molar-refractivity contribution in [2.45, 2.75) is 6.61 Å². The number of thioether (sulfide) groups is 1. The van der Waals surface area contributed by atoms with Crippen LogP contribution in [0.4, 0.5) is 4.79 Å². The van der Waals surface area contributed by atoms with Crippen LogP contribution in [0.15, 0.2) is 70.0 Å². The summed E-state index contributed by atoms with van der Waals surface area (Å²) in [5.41, 5.74) is 1.86. The SMILES string of the molecule is C#CCN1C(=O)S/C(=C/c2ccc(OCc3ccc4ccccc4c3)c(Br)c2)C1=O. The third kappa shape index (κ3) is 4.28. The Kier molecular flexibility index (Phi) is 5.93. The van der Waals surface area contributed by atoms with Gasteiger partial charge in [-0.3, -0.25) is 14.5 Å². The van der Waals surface area contributed by atoms with Crippen molar-refractivity contribution in [3.05, 3.63) is 81.2 Å². The summed E-state index contributed by atoms with van der Waals surface area (Å²) >= 11 is 4.42. The van der Waals surface area contributed by atoms with Gasteiger partial charge in [-0.1, -0.05) is 48.4 Å². The van der Waals surface area contributed by atoms with Gasteiger partial charge in [0.15, 0.2) is 0 Å². The fourth-order valence-electron chi connectivity index (χ4n) is 3.09. The number of rotatable bonds is 5. The van der Waals surface area contributed by atoms with Crippen LogP contribution >= 0.6 is 27.7 Å². The summed E-state index contributed by atoms with van der Waals surface area (Å²) in [6.07, 6.45) is 6.90. The molecule has 0 aliphatic carbocycles. The van der Waals surface area contributed by atoms with Crippen LogP contribution in [0, 0.1) is 12.3 Å². The van der Waals surface area contributed by atoms with Gasteiger partial charge in [-0.25, -0.2) is 0 Å². The number of hydrogen-bond acceptors (Lipinski definition) is 4. The fraction of sp³-hybridized carbons (Fsp3) is 0.0833. The van der Waals surface area contributed by atoms with Crippen molar-refractivity contribution >= 4 is 55.7 Å². The number of carbonyl (C=O) groups excluding carboxylic acids is 2. The molecule has 3 aromatic carbocycles. The summed E-state index contributed by atoms with van der Waals surface area (Å²) in [7, 11) is 0. The van der Waals surface area contributed by atoms with Crippen molar-refractivity contribution in [2.24, 2.45) is 0 Å². The Labute approximate surface area is 187 Å². The van der Waals surface area contributed by atoms with Gasteiger partial charge in [0.2, 0.25) is 0 Å². The zero-order valence-electron chi connectivity index (χ0n) is 15.8. The maximum atomic E-state index is 12.3. The van der Waals surface area contributed by atoms with Gasteiger partial charge in [0.1, 0.15) is 12.4 Å². The molecule has 0 spiro atoms. The second-order valence-electron chi connectivity index (χ2n) is 6.63. The molecule has 0 N–H and O–H groups in total. The number of fused-ring (bicyclic) bond motifs is 1. The van der Waals surface area contributed by atoms with Gasteiger partial charge in [0, 0.05) is 0 Å². The minimum absolute atomic E-state index is 0.0206. The van der Waals surface area contributed by atoms with E-state index >= 15 is 0 Å². The van der Waals surface area contributed by atoms with Gasteiger partial charge >= 0.3 is 0 Å². The predicted octanol–water partition coefficient (Wildman–Crippen LogP) is 5.85. The molecule has 0 radical (unpaired) electrons. The van der Waals surface area contributed by atoms with Crippen molar-refractivity contribution in [1.82, 2.24) is 4.90 Å². The normalized spacial score (nSPS) is 15.1. The Balaban J connectivity index is 1.47. The average molecular weight is 478 g/mol. The van der Waals surface area contributed by atoms with Gasteiger partial charge in [-0.2, -0.15) is 0 Å². The van der Waals surface area contributed by atoms with E-state index in [0.29, 0.717) is 17.3 Å². The Hall–Kier alpha value is -3.01. The molecule has 0 bridgehead atoms. The smallest absolute Gasteiger partial charge is 0.294 e. The topological polar surface area (TPSA) is 46.6 Å². The number of benzene rings is 3. The van der Waals surface area contributed by atoms with Gasteiger partial charge in [-0.05, 0) is 73.9 Å². The van der Waals surface area contributed by atoms with E-state index in [1.165, 1.54) is 10.8 Å². The van der Waals surface area contributed by atoms with E-state index in [1.807, 2.05) is 30.3 Å². The molecule has 1 heterocycles. The molecule has 30 heavy (non-hydrogen) atoms. The number of terminal acetylenes is 1. The third-order valence-corrected chi connectivity index (χ3v) is 6.11. The summed E-state index contributed by atoms with van der Waals surface area (Å²) in [6, 6.07) is 20.0. The minimum Gasteiger partial charge on any atom is -0.488 e. The third-order valence-electron chi connectivity index (χ3n) is 4.58. The molecule has 4 rings (SSSR count). The standard InChI is InChI=1S/C24H16BrNO3S/c1-2-11-26-23(27)22(30-24(26)28)14-16-8-10-21(20(25)13-16)29-15-17-7-9-18-5-3-4-6-19(18)12-17/h1,3-10,12-14H,11,15H2/b22-14+. The largest absolute Gasteiger partial charge is 0.488 e. The van der Waals surface area contributed by atoms with E-state index < -0.39 is 0 Å². The molecule has 1 saturated heterocycles. The molecule has 0 saturated carbocycles. The van der Waals surface area contributed by atoms with Crippen LogP contribution in [0.25, 0.3) is 16.8 Å². The maximum absolute atomic E-state index is 12.3. The molecule has 6 heteroatoms. The molecular formula is C24H16BrNO3S. The summed E-state index contributed by atoms with van der Waals surface area (Å²) in [5.74, 6) is 2.66. The lowest BCUT2D eigenvalue weighted by molar-refractivity contribution is -0.122. The van der Waals surface area contributed by atoms with Crippen molar-refractivity contribution in [1.29, 1.82) is 0 Å². The van der Waals surface area contributed by atoms with Crippen LogP contribution in [0.2, 0.25) is 0 Å². The Bertz CT molecular complexity index is 1230. The summed E-state index contributed by atoms with van der Waals surface area (Å²) in [6.45, 7) is 0.418. The van der Waals surface area contributed by atoms with Crippen molar-refractivity contribution in [2.75, 3.05) is 6.54 Å². The lowest BCUT2D eigenvalue weighted by atomic mass is 10.1. The van der Waals surface area contributed by atoms with Gasteiger partial charge in [0.05, 0.1) is 15.9 Å². The van der Waals surface area contributed by atoms with E-state index in [4.69, 9.17) is 11.2 Å². The predicted molar refractivity (Wildman–Crippen MR) is 124 cm³/mol. The zero-order chi connectivity index (χ0) is 21.1. The molecule has 3 aromatic rings. The Morgan fingerprint density at radius 1 is 1.07 bits per heavy atom. The molecule has 1 aliphatic heterocycles. The van der Waals surface area contributed by atoms with Gasteiger partial charge in [-0.15, -0.1) is 6.42 Å². The molecule has 4 nitrogen and oxygen atoms in total. The number of halogens is 1. The summed E-state index contributed by atoms with van der Waals surface area (Å²) < 4.78 is 6.72. The van der Waals surface area contributed by atoms with Crippen LogP contribution in [0.3, 0.4) is 0 Å². The lowest BCUT2D eigenvalue weighted by Crippen LogP contribution is -2.28. The minimum atomic E-state index is -0.365. The van der Waals surface area contributed by atoms with E-state index in [-0.39, 0.29) is 17.7 Å². The number of nitrogens with zero attached hydrogens (tertiary/aromatic N) is 1. The maximum Gasteiger partial charge on any atom is 0.294 e. The first kappa shape index (κ1) is 20.3. The van der Waals surface area contributed by atoms with Crippen LogP contribution in [0.5, 0.6) is 5.75 Å². The number of imide groups is 1. The average Bonchev–Trinajstić information content (AvgIpc) is 3.00. The second kappa shape index (κ2) is 8.78. The summed E-state index contributed by atoms with van der Waals surface area (Å²) in [5, 5.41) is 2.02. The zero-order valence-corrected chi connectivity index (χ0v) is 18.2. The molecule has 1 fully saturated rings. The first-order valence-corrected chi connectivity index (χ1v) is 10.7. The van der Waals surface area contributed by atoms with Crippen molar-refractivity contribution in [3.63, 3.8) is 0 Å². The number of carbonyl (C=O) groups is 2. The van der Waals surface area contributed by atoms with Crippen LogP contribution in [-0.4, -0.2) is 22.6 Å². The Morgan fingerprint density at radius 3 is 2.63 bits per heavy atom. The van der Waals surface area contributed by atoms with Gasteiger partial charge in [0.25, 0.3) is 11.1 Å². The molecule has 0 unspecified atom stereocenters. The summed E-state index contributed by atoms with van der Waals surface area (Å²) in [4.78, 5) is 25.6. The number of ether oxygens (including phenoxy) is 1. The van der Waals surface area contributed by atoms with Gasteiger partial charge < -0.3 is 4.74 Å². The molecule has 1 aliphatic rings. The highest BCUT2D eigenvalue weighted by Crippen LogP contribution is 2.34. The first-order valence-electron chi connectivity index (χ1n) is 9.14. The van der Waals surface area contributed by atoms with Crippen molar-refractivity contribution < 1.29 is 14.3 Å².